The van der Waals surface area contributed by atoms with E-state index in [1.165, 1.54) is 23.4 Å². The van der Waals surface area contributed by atoms with Gasteiger partial charge in [-0.15, -0.1) is 0 Å². The zero-order valence-electron chi connectivity index (χ0n) is 14.0. The zero-order chi connectivity index (χ0) is 17.2. The molecule has 1 aliphatic rings. The van der Waals surface area contributed by atoms with Crippen molar-refractivity contribution in [2.24, 2.45) is 0 Å². The summed E-state index contributed by atoms with van der Waals surface area (Å²) in [6.07, 6.45) is 2.78. The number of hydrogen-bond acceptors (Lipinski definition) is 4. The maximum Gasteiger partial charge on any atom is 0.224 e. The van der Waals surface area contributed by atoms with Crippen molar-refractivity contribution >= 4 is 17.5 Å². The Kier molecular flexibility index (Phi) is 4.06. The topological polar surface area (TPSA) is 41.1 Å². The van der Waals surface area contributed by atoms with Gasteiger partial charge in [-0.2, -0.15) is 4.98 Å². The molecule has 4 rings (SSSR count). The summed E-state index contributed by atoms with van der Waals surface area (Å²) < 4.78 is 13.0. The van der Waals surface area contributed by atoms with Crippen molar-refractivity contribution in [1.29, 1.82) is 0 Å². The van der Waals surface area contributed by atoms with E-state index >= 15 is 0 Å². The monoisotopic (exact) mass is 334 g/mol. The summed E-state index contributed by atoms with van der Waals surface area (Å²) in [4.78, 5) is 11.2. The van der Waals surface area contributed by atoms with Crippen LogP contribution in [0.25, 0.3) is 0 Å². The number of nitrogens with one attached hydrogen (secondary N) is 1. The molecule has 0 radical (unpaired) electrons. The number of hydrogen-bond donors (Lipinski definition) is 1. The molecule has 1 N–H and O–H groups in total. The summed E-state index contributed by atoms with van der Waals surface area (Å²) in [5.74, 6) is 1.22. The van der Waals surface area contributed by atoms with Crippen molar-refractivity contribution in [2.75, 3.05) is 10.2 Å². The molecule has 0 aliphatic carbocycles. The Labute approximate surface area is 146 Å². The highest BCUT2D eigenvalue weighted by Crippen LogP contribution is 2.37. The van der Waals surface area contributed by atoms with Gasteiger partial charge in [0.2, 0.25) is 5.95 Å². The van der Waals surface area contributed by atoms with Crippen molar-refractivity contribution < 1.29 is 4.39 Å². The van der Waals surface area contributed by atoms with Gasteiger partial charge in [0.1, 0.15) is 11.6 Å². The predicted molar refractivity (Wildman–Crippen MR) is 97.5 cm³/mol. The van der Waals surface area contributed by atoms with Gasteiger partial charge in [-0.25, -0.2) is 9.37 Å². The zero-order valence-corrected chi connectivity index (χ0v) is 14.0. The minimum Gasteiger partial charge on any atom is -0.350 e. The molecule has 1 atom stereocenters. The van der Waals surface area contributed by atoms with Crippen LogP contribution in [-0.2, 0) is 13.0 Å². The Bertz CT molecular complexity index is 879. The molecule has 0 saturated carbocycles. The molecule has 25 heavy (non-hydrogen) atoms. The van der Waals surface area contributed by atoms with Gasteiger partial charge in [-0.1, -0.05) is 30.3 Å². The van der Waals surface area contributed by atoms with E-state index in [1.807, 2.05) is 6.07 Å². The van der Waals surface area contributed by atoms with E-state index in [0.717, 1.165) is 17.8 Å². The quantitative estimate of drug-likeness (QED) is 0.772. The molecule has 1 unspecified atom stereocenters. The second-order valence-corrected chi connectivity index (χ2v) is 6.27. The smallest absolute Gasteiger partial charge is 0.224 e. The van der Waals surface area contributed by atoms with Crippen LogP contribution in [0.2, 0.25) is 0 Å². The van der Waals surface area contributed by atoms with Gasteiger partial charge in [0.25, 0.3) is 0 Å². The Hall–Kier alpha value is -2.95. The first-order chi connectivity index (χ1) is 12.2. The van der Waals surface area contributed by atoms with Gasteiger partial charge in [0.05, 0.1) is 0 Å². The summed E-state index contributed by atoms with van der Waals surface area (Å²) in [6, 6.07) is 17.1. The molecular formula is C20H19FN4. The SMILES string of the molecule is CC1Cc2ccccc2N1c1ccnc(NCc2ccc(F)cc2)n1. The molecule has 1 aromatic heterocycles. The number of benzene rings is 2. The molecule has 0 bridgehead atoms. The Morgan fingerprint density at radius 2 is 1.92 bits per heavy atom. The average molecular weight is 334 g/mol. The maximum atomic E-state index is 13.0. The Morgan fingerprint density at radius 3 is 2.76 bits per heavy atom. The molecule has 1 aliphatic heterocycles. The summed E-state index contributed by atoms with van der Waals surface area (Å²) in [6.45, 7) is 2.75. The van der Waals surface area contributed by atoms with Gasteiger partial charge in [0, 0.05) is 24.5 Å². The van der Waals surface area contributed by atoms with Crippen LogP contribution in [0.1, 0.15) is 18.1 Å². The molecular weight excluding hydrogens is 315 g/mol. The molecule has 2 aromatic carbocycles. The summed E-state index contributed by atoms with van der Waals surface area (Å²) in [5, 5.41) is 3.21. The number of fused-ring (bicyclic) bond motifs is 1. The first-order valence-electron chi connectivity index (χ1n) is 8.39. The van der Waals surface area contributed by atoms with E-state index in [4.69, 9.17) is 0 Å². The molecule has 126 valence electrons. The number of para-hydroxylation sites is 1. The normalized spacial score (nSPS) is 15.9. The van der Waals surface area contributed by atoms with Crippen LogP contribution in [0, 0.1) is 5.82 Å². The number of aromatic nitrogens is 2. The molecule has 0 saturated heterocycles. The average Bonchev–Trinajstić information content (AvgIpc) is 2.97. The first kappa shape index (κ1) is 15.6. The van der Waals surface area contributed by atoms with Crippen molar-refractivity contribution in [2.45, 2.75) is 25.9 Å². The molecule has 5 heteroatoms. The molecule has 0 fully saturated rings. The lowest BCUT2D eigenvalue weighted by Gasteiger charge is -2.24. The maximum absolute atomic E-state index is 13.0. The van der Waals surface area contributed by atoms with Crippen molar-refractivity contribution in [1.82, 2.24) is 9.97 Å². The standard InChI is InChI=1S/C20H19FN4/c1-14-12-16-4-2-3-5-18(16)25(14)19-10-11-22-20(24-19)23-13-15-6-8-17(21)9-7-15/h2-11,14H,12-13H2,1H3,(H,22,23,24). The Balaban J connectivity index is 1.54. The summed E-state index contributed by atoms with van der Waals surface area (Å²) >= 11 is 0. The van der Waals surface area contributed by atoms with E-state index in [2.05, 4.69) is 51.4 Å². The van der Waals surface area contributed by atoms with Crippen molar-refractivity contribution in [3.63, 3.8) is 0 Å². The lowest BCUT2D eigenvalue weighted by molar-refractivity contribution is 0.627. The van der Waals surface area contributed by atoms with Crippen LogP contribution in [0.5, 0.6) is 0 Å². The first-order valence-corrected chi connectivity index (χ1v) is 8.39. The second-order valence-electron chi connectivity index (χ2n) is 6.27. The highest BCUT2D eigenvalue weighted by Gasteiger charge is 2.27. The highest BCUT2D eigenvalue weighted by molar-refractivity contribution is 5.69. The van der Waals surface area contributed by atoms with Crippen LogP contribution >= 0.6 is 0 Å². The number of anilines is 3. The second kappa shape index (κ2) is 6.51. The van der Waals surface area contributed by atoms with Crippen molar-refractivity contribution in [3.05, 3.63) is 77.7 Å². The lowest BCUT2D eigenvalue weighted by atomic mass is 10.1. The molecule has 0 amide bonds. The summed E-state index contributed by atoms with van der Waals surface area (Å²) in [5.41, 5.74) is 3.53. The molecule has 2 heterocycles. The van der Waals surface area contributed by atoms with Gasteiger partial charge >= 0.3 is 0 Å². The van der Waals surface area contributed by atoms with Gasteiger partial charge in [-0.3, -0.25) is 0 Å². The molecule has 4 nitrogen and oxygen atoms in total. The number of halogens is 1. The van der Waals surface area contributed by atoms with E-state index in [9.17, 15) is 4.39 Å². The number of rotatable bonds is 4. The van der Waals surface area contributed by atoms with Gasteiger partial charge in [-0.05, 0) is 48.7 Å². The molecule has 0 spiro atoms. The van der Waals surface area contributed by atoms with Gasteiger partial charge in [0.15, 0.2) is 0 Å². The fourth-order valence-electron chi connectivity index (χ4n) is 3.27. The van der Waals surface area contributed by atoms with Crippen LogP contribution < -0.4 is 10.2 Å². The van der Waals surface area contributed by atoms with E-state index in [1.54, 1.807) is 18.3 Å². The third-order valence-corrected chi connectivity index (χ3v) is 4.46. The number of nitrogens with zero attached hydrogens (tertiary/aromatic N) is 3. The minimum absolute atomic E-state index is 0.233. The highest BCUT2D eigenvalue weighted by atomic mass is 19.1. The van der Waals surface area contributed by atoms with Gasteiger partial charge < -0.3 is 10.2 Å². The minimum atomic E-state index is -0.233. The van der Waals surface area contributed by atoms with Crippen LogP contribution in [0.4, 0.5) is 21.8 Å². The van der Waals surface area contributed by atoms with Crippen LogP contribution in [0.15, 0.2) is 60.8 Å². The third kappa shape index (κ3) is 3.18. The van der Waals surface area contributed by atoms with Crippen molar-refractivity contribution in [3.8, 4) is 0 Å². The van der Waals surface area contributed by atoms with E-state index in [0.29, 0.717) is 18.5 Å². The summed E-state index contributed by atoms with van der Waals surface area (Å²) in [7, 11) is 0. The fraction of sp³-hybridized carbons (Fsp3) is 0.200. The van der Waals surface area contributed by atoms with Crippen LogP contribution in [-0.4, -0.2) is 16.0 Å². The van der Waals surface area contributed by atoms with Crippen LogP contribution in [0.3, 0.4) is 0 Å². The Morgan fingerprint density at radius 1 is 1.12 bits per heavy atom. The third-order valence-electron chi connectivity index (χ3n) is 4.46. The lowest BCUT2D eigenvalue weighted by Crippen LogP contribution is -2.25. The molecule has 3 aromatic rings. The fourth-order valence-corrected chi connectivity index (χ4v) is 3.27. The van der Waals surface area contributed by atoms with E-state index in [-0.39, 0.29) is 5.82 Å². The predicted octanol–water partition coefficient (Wildman–Crippen LogP) is 4.31. The van der Waals surface area contributed by atoms with E-state index < -0.39 is 0 Å². The largest absolute Gasteiger partial charge is 0.350 e.